The number of benzene rings is 1. The summed E-state index contributed by atoms with van der Waals surface area (Å²) in [6.45, 7) is 15.1. The molecule has 0 aromatic heterocycles. The molecule has 1 aliphatic carbocycles. The summed E-state index contributed by atoms with van der Waals surface area (Å²) < 4.78 is 18.7. The maximum Gasteiger partial charge on any atom is 0.250 e. The molecule has 0 radical (unpaired) electrons. The Morgan fingerprint density at radius 3 is 2.52 bits per heavy atom. The van der Waals surface area contributed by atoms with E-state index in [2.05, 4.69) is 46.0 Å². The monoisotopic (exact) mass is 390 g/mol. The lowest BCUT2D eigenvalue weighted by molar-refractivity contribution is -0.144. The second kappa shape index (κ2) is 7.03. The number of hydrogen-bond donors (Lipinski definition) is 1. The first-order chi connectivity index (χ1) is 12.4. The summed E-state index contributed by atoms with van der Waals surface area (Å²) in [5.74, 6) is 0.329. The number of fused-ring (bicyclic) bond motifs is 1. The molecule has 150 valence electrons. The van der Waals surface area contributed by atoms with Crippen LogP contribution in [0.1, 0.15) is 46.6 Å². The minimum Gasteiger partial charge on any atom is -0.543 e. The third kappa shape index (κ3) is 4.48. The fourth-order valence-electron chi connectivity index (χ4n) is 3.53. The molecule has 4 nitrogen and oxygen atoms in total. The van der Waals surface area contributed by atoms with Gasteiger partial charge in [-0.15, -0.1) is 0 Å². The maximum absolute atomic E-state index is 10.3. The number of aliphatic hydroxyl groups excluding tert-OH is 1. The molecule has 3 atom stereocenters. The van der Waals surface area contributed by atoms with E-state index in [0.29, 0.717) is 12.8 Å². The summed E-state index contributed by atoms with van der Waals surface area (Å²) in [6, 6.07) is 8.24. The van der Waals surface area contributed by atoms with E-state index in [9.17, 15) is 5.11 Å². The van der Waals surface area contributed by atoms with Gasteiger partial charge in [0.2, 0.25) is 8.32 Å². The van der Waals surface area contributed by atoms with Crippen molar-refractivity contribution in [1.29, 1.82) is 0 Å². The third-order valence-electron chi connectivity index (χ3n) is 5.97. The zero-order chi connectivity index (χ0) is 20.0. The fourth-order valence-corrected chi connectivity index (χ4v) is 4.58. The Bertz CT molecular complexity index is 717. The largest absolute Gasteiger partial charge is 0.543 e. The van der Waals surface area contributed by atoms with Gasteiger partial charge in [-0.25, -0.2) is 0 Å². The summed E-state index contributed by atoms with van der Waals surface area (Å²) in [5.41, 5.74) is 2.21. The predicted octanol–water partition coefficient (Wildman–Crippen LogP) is 4.82. The molecule has 1 saturated heterocycles. The number of para-hydroxylation sites is 1. The van der Waals surface area contributed by atoms with Crippen molar-refractivity contribution >= 4 is 8.32 Å². The summed E-state index contributed by atoms with van der Waals surface area (Å²) in [6.07, 6.45) is 2.53. The molecular formula is C22H34O4Si. The lowest BCUT2D eigenvalue weighted by atomic mass is 9.88. The Morgan fingerprint density at radius 1 is 1.19 bits per heavy atom. The van der Waals surface area contributed by atoms with Crippen molar-refractivity contribution in [1.82, 2.24) is 0 Å². The molecule has 1 aromatic carbocycles. The van der Waals surface area contributed by atoms with E-state index in [0.717, 1.165) is 16.9 Å². The van der Waals surface area contributed by atoms with E-state index in [-0.39, 0.29) is 17.2 Å². The van der Waals surface area contributed by atoms with Crippen LogP contribution in [0, 0.1) is 0 Å². The second-order valence-electron chi connectivity index (χ2n) is 9.79. The normalized spacial score (nSPS) is 27.9. The van der Waals surface area contributed by atoms with E-state index in [1.165, 1.54) is 0 Å². The topological polar surface area (TPSA) is 47.9 Å². The Labute approximate surface area is 164 Å². The lowest BCUT2D eigenvalue weighted by Gasteiger charge is -2.37. The molecule has 2 aliphatic rings. The van der Waals surface area contributed by atoms with Gasteiger partial charge in [-0.1, -0.05) is 45.0 Å². The quantitative estimate of drug-likeness (QED) is 0.591. The molecule has 27 heavy (non-hydrogen) atoms. The number of hydrogen-bond acceptors (Lipinski definition) is 4. The van der Waals surface area contributed by atoms with Gasteiger partial charge in [-0.2, -0.15) is 0 Å². The standard InChI is InChI=1S/C22H34O4Si/c1-21(2,3)27(6,7)26-18-11-9-8-10-15(18)12-16-13-17(23)14-19-20(16)25-22(4,5)24-19/h8-11,13,17,19-20,23H,12,14H2,1-7H3/t17-,19-,20+/m1/s1. The summed E-state index contributed by atoms with van der Waals surface area (Å²) in [7, 11) is -1.93. The fraction of sp³-hybridized carbons (Fsp3) is 0.636. The van der Waals surface area contributed by atoms with Crippen molar-refractivity contribution in [3.63, 3.8) is 0 Å². The summed E-state index contributed by atoms with van der Waals surface area (Å²) in [4.78, 5) is 0. The molecule has 1 fully saturated rings. The highest BCUT2D eigenvalue weighted by atomic mass is 28.4. The molecule has 0 spiro atoms. The van der Waals surface area contributed by atoms with E-state index >= 15 is 0 Å². The van der Waals surface area contributed by atoms with Gasteiger partial charge in [-0.3, -0.25) is 0 Å². The SMILES string of the molecule is CC1(C)O[C@@H]2C[C@H](O)C=C(Cc3ccccc3O[Si](C)(C)C(C)(C)C)[C@@H]2O1. The maximum atomic E-state index is 10.3. The van der Waals surface area contributed by atoms with Crippen LogP contribution in [0.2, 0.25) is 18.1 Å². The highest BCUT2D eigenvalue weighted by molar-refractivity contribution is 6.74. The minimum atomic E-state index is -1.93. The first-order valence-electron chi connectivity index (χ1n) is 9.89. The van der Waals surface area contributed by atoms with Crippen molar-refractivity contribution in [2.45, 2.75) is 89.7 Å². The molecule has 0 bridgehead atoms. The van der Waals surface area contributed by atoms with Gasteiger partial charge in [0.15, 0.2) is 5.79 Å². The van der Waals surface area contributed by atoms with Crippen LogP contribution >= 0.6 is 0 Å². The Kier molecular flexibility index (Phi) is 5.36. The summed E-state index contributed by atoms with van der Waals surface area (Å²) >= 11 is 0. The highest BCUT2D eigenvalue weighted by Crippen LogP contribution is 2.41. The number of rotatable bonds is 4. The predicted molar refractivity (Wildman–Crippen MR) is 111 cm³/mol. The smallest absolute Gasteiger partial charge is 0.250 e. The van der Waals surface area contributed by atoms with Crippen LogP contribution in [0.5, 0.6) is 5.75 Å². The van der Waals surface area contributed by atoms with E-state index in [1.807, 2.05) is 32.1 Å². The first-order valence-corrected chi connectivity index (χ1v) is 12.8. The average molecular weight is 391 g/mol. The van der Waals surface area contributed by atoms with Crippen LogP contribution in [0.3, 0.4) is 0 Å². The van der Waals surface area contributed by atoms with Crippen molar-refractivity contribution in [2.75, 3.05) is 0 Å². The van der Waals surface area contributed by atoms with Crippen LogP contribution in [0.25, 0.3) is 0 Å². The van der Waals surface area contributed by atoms with E-state index in [4.69, 9.17) is 13.9 Å². The van der Waals surface area contributed by atoms with E-state index in [1.54, 1.807) is 0 Å². The molecule has 0 amide bonds. The average Bonchev–Trinajstić information content (AvgIpc) is 2.82. The third-order valence-corrected chi connectivity index (χ3v) is 10.3. The van der Waals surface area contributed by atoms with Crippen molar-refractivity contribution in [2.24, 2.45) is 0 Å². The first kappa shape index (κ1) is 20.6. The van der Waals surface area contributed by atoms with Gasteiger partial charge < -0.3 is 19.0 Å². The van der Waals surface area contributed by atoms with Gasteiger partial charge in [0, 0.05) is 6.42 Å². The summed E-state index contributed by atoms with van der Waals surface area (Å²) in [5, 5.41) is 10.4. The lowest BCUT2D eigenvalue weighted by Crippen LogP contribution is -2.44. The van der Waals surface area contributed by atoms with Crippen LogP contribution in [0.15, 0.2) is 35.9 Å². The Hall–Kier alpha value is -1.14. The van der Waals surface area contributed by atoms with Crippen LogP contribution < -0.4 is 4.43 Å². The molecule has 0 saturated carbocycles. The zero-order valence-corrected chi connectivity index (χ0v) is 18.7. The van der Waals surface area contributed by atoms with Gasteiger partial charge in [0.25, 0.3) is 0 Å². The second-order valence-corrected chi connectivity index (χ2v) is 14.5. The van der Waals surface area contributed by atoms with Gasteiger partial charge in [0.05, 0.1) is 12.2 Å². The molecule has 1 heterocycles. The highest BCUT2D eigenvalue weighted by Gasteiger charge is 2.46. The molecule has 1 N–H and O–H groups in total. The molecule has 0 unspecified atom stereocenters. The molecule has 1 aromatic rings. The number of ether oxygens (including phenoxy) is 2. The van der Waals surface area contributed by atoms with Crippen LogP contribution in [-0.2, 0) is 15.9 Å². The molecule has 5 heteroatoms. The van der Waals surface area contributed by atoms with Gasteiger partial charge in [0.1, 0.15) is 11.9 Å². The molecule has 3 rings (SSSR count). The molecule has 1 aliphatic heterocycles. The Balaban J connectivity index is 1.86. The minimum absolute atomic E-state index is 0.0940. The van der Waals surface area contributed by atoms with Gasteiger partial charge >= 0.3 is 0 Å². The van der Waals surface area contributed by atoms with Crippen LogP contribution in [-0.4, -0.2) is 37.5 Å². The molecular weight excluding hydrogens is 356 g/mol. The van der Waals surface area contributed by atoms with Crippen LogP contribution in [0.4, 0.5) is 0 Å². The van der Waals surface area contributed by atoms with Crippen molar-refractivity contribution in [3.8, 4) is 5.75 Å². The number of aliphatic hydroxyl groups is 1. The zero-order valence-electron chi connectivity index (χ0n) is 17.7. The van der Waals surface area contributed by atoms with E-state index < -0.39 is 20.2 Å². The van der Waals surface area contributed by atoms with Crippen molar-refractivity contribution < 1.29 is 19.0 Å². The Morgan fingerprint density at radius 2 is 1.85 bits per heavy atom. The van der Waals surface area contributed by atoms with Gasteiger partial charge in [-0.05, 0) is 55.6 Å². The van der Waals surface area contributed by atoms with Crippen molar-refractivity contribution in [3.05, 3.63) is 41.5 Å².